The molecule has 0 saturated carbocycles. The summed E-state index contributed by atoms with van der Waals surface area (Å²) in [6.07, 6.45) is 6.53. The van der Waals surface area contributed by atoms with Gasteiger partial charge in [0.15, 0.2) is 5.17 Å². The van der Waals surface area contributed by atoms with Crippen LogP contribution in [0.5, 0.6) is 0 Å². The van der Waals surface area contributed by atoms with Gasteiger partial charge in [-0.15, -0.1) is 0 Å². The summed E-state index contributed by atoms with van der Waals surface area (Å²) in [5.74, 6) is 0. The number of hydrogen-bond donors (Lipinski definition) is 1. The first-order valence-electron chi connectivity index (χ1n) is 10.2. The van der Waals surface area contributed by atoms with E-state index in [1.807, 2.05) is 37.4 Å². The minimum Gasteiger partial charge on any atom is -0.323 e. The highest BCUT2D eigenvalue weighted by Crippen LogP contribution is 2.16. The lowest BCUT2D eigenvalue weighted by atomic mass is 10.3. The van der Waals surface area contributed by atoms with Crippen LogP contribution in [0.1, 0.15) is 52.9 Å². The smallest absolute Gasteiger partial charge is 0.323 e. The summed E-state index contributed by atoms with van der Waals surface area (Å²) in [4.78, 5) is 33.3. The van der Waals surface area contributed by atoms with Gasteiger partial charge < -0.3 is 10.2 Å². The minimum atomic E-state index is -0.288. The Hall–Kier alpha value is -1.54. The summed E-state index contributed by atoms with van der Waals surface area (Å²) in [6.45, 7) is 8.08. The predicted molar refractivity (Wildman–Crippen MR) is 128 cm³/mol. The van der Waals surface area contributed by atoms with Crippen molar-refractivity contribution in [3.05, 3.63) is 28.7 Å². The molecule has 0 radical (unpaired) electrons. The van der Waals surface area contributed by atoms with Crippen molar-refractivity contribution < 1.29 is 9.59 Å². The van der Waals surface area contributed by atoms with Gasteiger partial charge in [0.1, 0.15) is 0 Å². The third-order valence-electron chi connectivity index (χ3n) is 4.23. The van der Waals surface area contributed by atoms with Gasteiger partial charge in [-0.2, -0.15) is 4.99 Å². The second kappa shape index (κ2) is 14.4. The maximum atomic E-state index is 12.9. The Morgan fingerprint density at radius 1 is 1.00 bits per heavy atom. The summed E-state index contributed by atoms with van der Waals surface area (Å²) in [5.41, 5.74) is 0.693. The SMILES string of the molecule is CCCCN(CCCC)C(=O)N=C(SC)N(CCC)C(=O)Nc1ccc(Br)cc1. The number of carbonyl (C=O) groups excluding carboxylic acids is 2. The normalized spacial score (nSPS) is 11.3. The van der Waals surface area contributed by atoms with Gasteiger partial charge in [0.25, 0.3) is 0 Å². The van der Waals surface area contributed by atoms with Crippen molar-refractivity contribution in [3.63, 3.8) is 0 Å². The Bertz CT molecular complexity index is 659. The number of hydrogen-bond acceptors (Lipinski definition) is 3. The molecule has 0 atom stereocenters. The summed E-state index contributed by atoms with van der Waals surface area (Å²) in [6, 6.07) is 6.82. The van der Waals surface area contributed by atoms with Gasteiger partial charge in [-0.3, -0.25) is 4.90 Å². The second-order valence-corrected chi connectivity index (χ2v) is 8.35. The van der Waals surface area contributed by atoms with Gasteiger partial charge in [0.05, 0.1) is 0 Å². The number of nitrogens with one attached hydrogen (secondary N) is 1. The van der Waals surface area contributed by atoms with Crippen molar-refractivity contribution in [1.82, 2.24) is 9.80 Å². The van der Waals surface area contributed by atoms with Gasteiger partial charge in [-0.05, 0) is 49.8 Å². The summed E-state index contributed by atoms with van der Waals surface area (Å²) in [5, 5.41) is 3.31. The van der Waals surface area contributed by atoms with Crippen LogP contribution < -0.4 is 5.32 Å². The Morgan fingerprint density at radius 2 is 1.59 bits per heavy atom. The number of amidine groups is 1. The fraction of sp³-hybridized carbons (Fsp3) is 0.571. The molecular formula is C21H33BrN4O2S. The van der Waals surface area contributed by atoms with E-state index in [9.17, 15) is 9.59 Å². The quantitative estimate of drug-likeness (QED) is 0.324. The fourth-order valence-corrected chi connectivity index (χ4v) is 3.43. The summed E-state index contributed by atoms with van der Waals surface area (Å²) in [7, 11) is 0. The molecule has 0 heterocycles. The largest absolute Gasteiger partial charge is 0.345 e. The first kappa shape index (κ1) is 25.5. The molecule has 29 heavy (non-hydrogen) atoms. The third kappa shape index (κ3) is 9.21. The van der Waals surface area contributed by atoms with Crippen LogP contribution in [0, 0.1) is 0 Å². The molecule has 1 N–H and O–H groups in total. The number of urea groups is 2. The molecule has 4 amide bonds. The lowest BCUT2D eigenvalue weighted by molar-refractivity contribution is 0.206. The number of amides is 4. The van der Waals surface area contributed by atoms with Crippen molar-refractivity contribution in [2.24, 2.45) is 4.99 Å². The van der Waals surface area contributed by atoms with Crippen molar-refractivity contribution in [3.8, 4) is 0 Å². The molecule has 0 unspecified atom stereocenters. The maximum absolute atomic E-state index is 12.9. The Kier molecular flexibility index (Phi) is 12.7. The van der Waals surface area contributed by atoms with E-state index in [2.05, 4.69) is 40.1 Å². The van der Waals surface area contributed by atoms with E-state index in [0.717, 1.165) is 36.6 Å². The topological polar surface area (TPSA) is 65.0 Å². The van der Waals surface area contributed by atoms with Gasteiger partial charge in [0.2, 0.25) is 0 Å². The second-order valence-electron chi connectivity index (χ2n) is 6.66. The van der Waals surface area contributed by atoms with Crippen LogP contribution in [-0.4, -0.2) is 52.9 Å². The van der Waals surface area contributed by atoms with Crippen LogP contribution in [-0.2, 0) is 0 Å². The zero-order chi connectivity index (χ0) is 21.6. The van der Waals surface area contributed by atoms with E-state index in [0.29, 0.717) is 30.5 Å². The third-order valence-corrected chi connectivity index (χ3v) is 5.43. The molecular weight excluding hydrogens is 452 g/mol. The number of rotatable bonds is 9. The number of anilines is 1. The van der Waals surface area contributed by atoms with Gasteiger partial charge >= 0.3 is 12.1 Å². The van der Waals surface area contributed by atoms with Crippen LogP contribution in [0.25, 0.3) is 0 Å². The van der Waals surface area contributed by atoms with Crippen LogP contribution in [0.2, 0.25) is 0 Å². The molecule has 0 aliphatic heterocycles. The standard InChI is InChI=1S/C21H33BrN4O2S/c1-5-8-15-25(16-9-6-2)19(27)24-21(29-4)26(14-7-3)20(28)23-18-12-10-17(22)11-13-18/h10-13H,5-9,14-16H2,1-4H3,(H,23,28). The molecule has 0 aromatic heterocycles. The van der Waals surface area contributed by atoms with Crippen LogP contribution in [0.4, 0.5) is 15.3 Å². The highest BCUT2D eigenvalue weighted by molar-refractivity contribution is 9.10. The first-order chi connectivity index (χ1) is 14.0. The number of unbranched alkanes of at least 4 members (excludes halogenated alkanes) is 2. The summed E-state index contributed by atoms with van der Waals surface area (Å²) >= 11 is 4.70. The molecule has 162 valence electrons. The number of thioether (sulfide) groups is 1. The molecule has 0 bridgehead atoms. The molecule has 1 aromatic rings. The van der Waals surface area contributed by atoms with Gasteiger partial charge in [-0.1, -0.05) is 61.3 Å². The zero-order valence-electron chi connectivity index (χ0n) is 17.9. The highest BCUT2D eigenvalue weighted by atomic mass is 79.9. The molecule has 1 aromatic carbocycles. The van der Waals surface area contributed by atoms with Crippen molar-refractivity contribution >= 4 is 50.6 Å². The molecule has 6 nitrogen and oxygen atoms in total. The number of benzene rings is 1. The number of nitrogens with zero attached hydrogens (tertiary/aromatic N) is 3. The van der Waals surface area contributed by atoms with Crippen molar-refractivity contribution in [1.29, 1.82) is 0 Å². The zero-order valence-corrected chi connectivity index (χ0v) is 20.3. The highest BCUT2D eigenvalue weighted by Gasteiger charge is 2.21. The van der Waals surface area contributed by atoms with Gasteiger partial charge in [0, 0.05) is 29.8 Å². The predicted octanol–water partition coefficient (Wildman–Crippen LogP) is 6.43. The number of carbonyl (C=O) groups is 2. The van der Waals surface area contributed by atoms with E-state index in [4.69, 9.17) is 0 Å². The van der Waals surface area contributed by atoms with Gasteiger partial charge in [-0.25, -0.2) is 9.59 Å². The van der Waals surface area contributed by atoms with Crippen LogP contribution >= 0.6 is 27.7 Å². The molecule has 8 heteroatoms. The minimum absolute atomic E-state index is 0.270. The maximum Gasteiger partial charge on any atom is 0.345 e. The summed E-state index contributed by atoms with van der Waals surface area (Å²) < 4.78 is 0.942. The number of aliphatic imine (C=N–C) groups is 1. The average molecular weight is 485 g/mol. The lowest BCUT2D eigenvalue weighted by Gasteiger charge is -2.25. The van der Waals surface area contributed by atoms with Crippen LogP contribution in [0.15, 0.2) is 33.7 Å². The van der Waals surface area contributed by atoms with E-state index >= 15 is 0 Å². The van der Waals surface area contributed by atoms with Crippen molar-refractivity contribution in [2.75, 3.05) is 31.2 Å². The number of halogens is 1. The monoisotopic (exact) mass is 484 g/mol. The van der Waals surface area contributed by atoms with Crippen molar-refractivity contribution in [2.45, 2.75) is 52.9 Å². The van der Waals surface area contributed by atoms with E-state index in [1.54, 1.807) is 9.80 Å². The molecule has 0 fully saturated rings. The average Bonchev–Trinajstić information content (AvgIpc) is 2.72. The van der Waals surface area contributed by atoms with E-state index in [-0.39, 0.29) is 12.1 Å². The molecule has 0 aliphatic rings. The molecule has 0 spiro atoms. The Labute approximate surface area is 187 Å². The Balaban J connectivity index is 2.99. The van der Waals surface area contributed by atoms with Crippen LogP contribution in [0.3, 0.4) is 0 Å². The molecule has 0 aliphatic carbocycles. The van der Waals surface area contributed by atoms with E-state index in [1.165, 1.54) is 11.8 Å². The Morgan fingerprint density at radius 3 is 2.07 bits per heavy atom. The molecule has 0 saturated heterocycles. The fourth-order valence-electron chi connectivity index (χ4n) is 2.60. The van der Waals surface area contributed by atoms with E-state index < -0.39 is 0 Å². The molecule has 1 rings (SSSR count). The lowest BCUT2D eigenvalue weighted by Crippen LogP contribution is -2.40. The first-order valence-corrected chi connectivity index (χ1v) is 12.2.